The van der Waals surface area contributed by atoms with Crippen LogP contribution >= 0.6 is 0 Å². The summed E-state index contributed by atoms with van der Waals surface area (Å²) < 4.78 is 61.0. The average Bonchev–Trinajstić information content (AvgIpc) is 3.47. The molecule has 43 heavy (non-hydrogen) atoms. The Morgan fingerprint density at radius 2 is 1.63 bits per heavy atom. The molecule has 3 aromatic rings. The van der Waals surface area contributed by atoms with Crippen molar-refractivity contribution in [2.75, 3.05) is 24.5 Å². The Hall–Kier alpha value is -4.04. The lowest BCUT2D eigenvalue weighted by Gasteiger charge is -2.46. The molecule has 2 aliphatic rings. The number of carbonyl (C=O) groups excluding carboxylic acids is 2. The third-order valence-corrected chi connectivity index (χ3v) is 7.23. The van der Waals surface area contributed by atoms with Gasteiger partial charge in [-0.05, 0) is 55.4 Å². The second-order valence-corrected chi connectivity index (χ2v) is 12.9. The standard InChI is InChI=1S/C28H36F3N7O5/c1-15-19(41-25(40)43-27(6,7)8)14-36(15)23-22-32-10-20(28(29,30)31)38(22)16(2)21(34-23)17-9-33-37(11-17)18-12-35(13-18)24(39)42-26(3,4)5/h9-11,15,18-19H,12-14H2,1-8H3/t15-,19+/m0/s1. The van der Waals surface area contributed by atoms with E-state index in [9.17, 15) is 22.8 Å². The fourth-order valence-corrected chi connectivity index (χ4v) is 5.00. The van der Waals surface area contributed by atoms with Crippen LogP contribution in [0.3, 0.4) is 0 Å². The number of amides is 1. The number of likely N-dealkylation sites (tertiary alicyclic amines) is 1. The summed E-state index contributed by atoms with van der Waals surface area (Å²) in [6, 6.07) is -0.521. The largest absolute Gasteiger partial charge is 0.509 e. The van der Waals surface area contributed by atoms with Gasteiger partial charge in [-0.2, -0.15) is 18.3 Å². The second kappa shape index (κ2) is 10.3. The number of alkyl halides is 3. The van der Waals surface area contributed by atoms with E-state index in [2.05, 4.69) is 10.1 Å². The first-order valence-corrected chi connectivity index (χ1v) is 14.0. The SMILES string of the molecule is Cc1c(-c2cnn(C3CN(C(=O)OC(C)(C)C)C3)c2)nc(N2C[C@@H](OC(=O)OC(C)(C)C)[C@@H]2C)c2ncc(C(F)(F)F)n12. The predicted octanol–water partition coefficient (Wildman–Crippen LogP) is 5.24. The number of hydrogen-bond donors (Lipinski definition) is 0. The van der Waals surface area contributed by atoms with Gasteiger partial charge in [-0.25, -0.2) is 19.6 Å². The number of anilines is 1. The van der Waals surface area contributed by atoms with Crippen LogP contribution in [0.4, 0.5) is 28.6 Å². The molecule has 0 aliphatic carbocycles. The molecule has 12 nitrogen and oxygen atoms in total. The van der Waals surface area contributed by atoms with E-state index in [0.717, 1.165) is 10.6 Å². The highest BCUT2D eigenvalue weighted by molar-refractivity contribution is 5.74. The normalized spacial score (nSPS) is 19.7. The molecule has 0 aromatic carbocycles. The van der Waals surface area contributed by atoms with Crippen LogP contribution in [-0.4, -0.2) is 84.3 Å². The minimum Gasteiger partial charge on any atom is -0.444 e. The molecule has 3 aromatic heterocycles. The van der Waals surface area contributed by atoms with E-state index in [1.54, 1.807) is 82.3 Å². The first kappa shape index (κ1) is 30.4. The van der Waals surface area contributed by atoms with Gasteiger partial charge >= 0.3 is 18.4 Å². The van der Waals surface area contributed by atoms with Crippen molar-refractivity contribution in [3.63, 3.8) is 0 Å². The summed E-state index contributed by atoms with van der Waals surface area (Å²) in [5.41, 5.74) is -1.20. The van der Waals surface area contributed by atoms with Crippen molar-refractivity contribution in [2.45, 2.75) is 91.0 Å². The number of imidazole rings is 1. The van der Waals surface area contributed by atoms with Crippen molar-refractivity contribution in [1.82, 2.24) is 29.0 Å². The second-order valence-electron chi connectivity index (χ2n) is 12.9. The quantitative estimate of drug-likeness (QED) is 0.367. The molecule has 0 bridgehead atoms. The molecule has 15 heteroatoms. The van der Waals surface area contributed by atoms with E-state index in [-0.39, 0.29) is 29.7 Å². The molecule has 0 unspecified atom stereocenters. The summed E-state index contributed by atoms with van der Waals surface area (Å²) in [4.78, 5) is 36.7. The highest BCUT2D eigenvalue weighted by Gasteiger charge is 2.43. The summed E-state index contributed by atoms with van der Waals surface area (Å²) >= 11 is 0. The number of ether oxygens (including phenoxy) is 3. The Kier molecular flexibility index (Phi) is 7.29. The van der Waals surface area contributed by atoms with Gasteiger partial charge in [0.2, 0.25) is 0 Å². The molecule has 5 rings (SSSR count). The Bertz CT molecular complexity index is 1550. The molecule has 2 aliphatic heterocycles. The van der Waals surface area contributed by atoms with Gasteiger partial charge in [-0.1, -0.05) is 0 Å². The van der Waals surface area contributed by atoms with Gasteiger partial charge in [-0.3, -0.25) is 9.08 Å². The molecule has 0 radical (unpaired) electrons. The Balaban J connectivity index is 1.43. The minimum absolute atomic E-state index is 0.0375. The van der Waals surface area contributed by atoms with Gasteiger partial charge in [0.15, 0.2) is 11.5 Å². The van der Waals surface area contributed by atoms with Gasteiger partial charge in [-0.15, -0.1) is 0 Å². The van der Waals surface area contributed by atoms with Crippen LogP contribution in [0.1, 0.15) is 65.9 Å². The van der Waals surface area contributed by atoms with Crippen molar-refractivity contribution in [2.24, 2.45) is 0 Å². The molecule has 0 N–H and O–H groups in total. The van der Waals surface area contributed by atoms with Crippen LogP contribution in [0.5, 0.6) is 0 Å². The Morgan fingerprint density at radius 1 is 0.977 bits per heavy atom. The topological polar surface area (TPSA) is 116 Å². The van der Waals surface area contributed by atoms with Crippen LogP contribution in [-0.2, 0) is 20.4 Å². The first-order valence-electron chi connectivity index (χ1n) is 14.0. The molecule has 1 amide bonds. The molecule has 2 fully saturated rings. The van der Waals surface area contributed by atoms with Gasteiger partial charge in [0.25, 0.3) is 0 Å². The summed E-state index contributed by atoms with van der Waals surface area (Å²) in [7, 11) is 0. The Labute approximate surface area is 246 Å². The van der Waals surface area contributed by atoms with Crippen molar-refractivity contribution >= 4 is 23.7 Å². The minimum atomic E-state index is -4.66. The fourth-order valence-electron chi connectivity index (χ4n) is 5.00. The molecule has 234 valence electrons. The third kappa shape index (κ3) is 6.07. The highest BCUT2D eigenvalue weighted by Crippen LogP contribution is 2.38. The molecular formula is C28H36F3N7O5. The van der Waals surface area contributed by atoms with Crippen LogP contribution in [0.2, 0.25) is 0 Å². The summed E-state index contributed by atoms with van der Waals surface area (Å²) in [6.45, 7) is 14.9. The van der Waals surface area contributed by atoms with Crippen LogP contribution in [0.25, 0.3) is 16.9 Å². The number of halogens is 3. The molecule has 2 saturated heterocycles. The van der Waals surface area contributed by atoms with Gasteiger partial charge in [0.05, 0.1) is 36.7 Å². The zero-order valence-corrected chi connectivity index (χ0v) is 25.4. The van der Waals surface area contributed by atoms with Gasteiger partial charge in [0.1, 0.15) is 23.0 Å². The fraction of sp³-hybridized carbons (Fsp3) is 0.607. The van der Waals surface area contributed by atoms with Crippen molar-refractivity contribution < 1.29 is 37.0 Å². The van der Waals surface area contributed by atoms with E-state index in [1.807, 2.05) is 0 Å². The number of aryl methyl sites for hydroxylation is 1. The van der Waals surface area contributed by atoms with E-state index < -0.39 is 47.5 Å². The lowest BCUT2D eigenvalue weighted by atomic mass is 10.0. The number of fused-ring (bicyclic) bond motifs is 1. The number of aromatic nitrogens is 5. The lowest BCUT2D eigenvalue weighted by Crippen LogP contribution is -2.61. The van der Waals surface area contributed by atoms with E-state index in [0.29, 0.717) is 24.3 Å². The zero-order chi connectivity index (χ0) is 31.6. The smallest absolute Gasteiger partial charge is 0.444 e. The van der Waals surface area contributed by atoms with Crippen molar-refractivity contribution in [3.8, 4) is 11.3 Å². The number of carbonyl (C=O) groups is 2. The molecule has 0 spiro atoms. The average molecular weight is 608 g/mol. The van der Waals surface area contributed by atoms with Crippen molar-refractivity contribution in [1.29, 1.82) is 0 Å². The molecule has 2 atom stereocenters. The van der Waals surface area contributed by atoms with E-state index >= 15 is 0 Å². The van der Waals surface area contributed by atoms with E-state index in [4.69, 9.17) is 19.2 Å². The molecule has 0 saturated carbocycles. The maximum Gasteiger partial charge on any atom is 0.509 e. The first-order chi connectivity index (χ1) is 19.8. The summed E-state index contributed by atoms with van der Waals surface area (Å²) in [5.74, 6) is 0.222. The Morgan fingerprint density at radius 3 is 2.21 bits per heavy atom. The number of hydrogen-bond acceptors (Lipinski definition) is 9. The lowest BCUT2D eigenvalue weighted by molar-refractivity contribution is -0.141. The number of rotatable bonds is 4. The third-order valence-electron chi connectivity index (χ3n) is 7.23. The van der Waals surface area contributed by atoms with E-state index in [1.165, 1.54) is 0 Å². The van der Waals surface area contributed by atoms with Crippen molar-refractivity contribution in [3.05, 3.63) is 30.0 Å². The summed E-state index contributed by atoms with van der Waals surface area (Å²) in [6.07, 6.45) is -2.40. The molecule has 5 heterocycles. The number of nitrogens with zero attached hydrogens (tertiary/aromatic N) is 7. The van der Waals surface area contributed by atoms with Crippen LogP contribution in [0.15, 0.2) is 18.6 Å². The monoisotopic (exact) mass is 607 g/mol. The zero-order valence-electron chi connectivity index (χ0n) is 25.4. The van der Waals surface area contributed by atoms with Crippen LogP contribution < -0.4 is 4.90 Å². The predicted molar refractivity (Wildman–Crippen MR) is 149 cm³/mol. The van der Waals surface area contributed by atoms with Crippen LogP contribution in [0, 0.1) is 6.92 Å². The van der Waals surface area contributed by atoms with Gasteiger partial charge < -0.3 is 24.0 Å². The van der Waals surface area contributed by atoms with Gasteiger partial charge in [0, 0.05) is 30.5 Å². The maximum atomic E-state index is 14.1. The molecular weight excluding hydrogens is 571 g/mol. The highest BCUT2D eigenvalue weighted by atomic mass is 19.4. The maximum absolute atomic E-state index is 14.1. The summed E-state index contributed by atoms with van der Waals surface area (Å²) in [5, 5.41) is 4.43.